The Balaban J connectivity index is 2.44. The molecule has 1 aromatic rings. The number of benzene rings is 1. The summed E-state index contributed by atoms with van der Waals surface area (Å²) in [5, 5.41) is 2.83. The van der Waals surface area contributed by atoms with Crippen molar-refractivity contribution in [1.29, 1.82) is 0 Å². The van der Waals surface area contributed by atoms with Crippen LogP contribution in [0.2, 0.25) is 0 Å². The zero-order valence-corrected chi connectivity index (χ0v) is 12.0. The Bertz CT molecular complexity index is 407. The van der Waals surface area contributed by atoms with Gasteiger partial charge in [-0.3, -0.25) is 4.79 Å². The van der Waals surface area contributed by atoms with E-state index in [9.17, 15) is 4.79 Å². The van der Waals surface area contributed by atoms with Crippen LogP contribution in [-0.2, 0) is 4.79 Å². The predicted molar refractivity (Wildman–Crippen MR) is 74.6 cm³/mol. The van der Waals surface area contributed by atoms with E-state index in [1.165, 1.54) is 0 Å². The van der Waals surface area contributed by atoms with Crippen LogP contribution in [0.1, 0.15) is 6.92 Å². The lowest BCUT2D eigenvalue weighted by atomic mass is 10.3. The van der Waals surface area contributed by atoms with Crippen molar-refractivity contribution in [2.45, 2.75) is 13.0 Å². The molecule has 1 N–H and O–H groups in total. The van der Waals surface area contributed by atoms with Crippen LogP contribution in [-0.4, -0.2) is 51.2 Å². The Hall–Kier alpha value is -1.75. The van der Waals surface area contributed by atoms with Crippen molar-refractivity contribution in [3.63, 3.8) is 0 Å². The normalized spacial score (nSPS) is 12.1. The summed E-state index contributed by atoms with van der Waals surface area (Å²) >= 11 is 0. The topological polar surface area (TPSA) is 50.8 Å². The average Bonchev–Trinajstić information content (AvgIpc) is 2.38. The van der Waals surface area contributed by atoms with E-state index >= 15 is 0 Å². The van der Waals surface area contributed by atoms with Gasteiger partial charge in [-0.05, 0) is 33.2 Å². The number of hydrogen-bond donors (Lipinski definition) is 1. The largest absolute Gasteiger partial charge is 0.497 e. The zero-order chi connectivity index (χ0) is 14.3. The van der Waals surface area contributed by atoms with Crippen LogP contribution < -0.4 is 14.8 Å². The molecule has 1 rings (SSSR count). The Kier molecular flexibility index (Phi) is 6.15. The number of likely N-dealkylation sites (N-methyl/N-ethyl adjacent to an activating group) is 1. The fourth-order valence-electron chi connectivity index (χ4n) is 1.48. The van der Waals surface area contributed by atoms with Gasteiger partial charge in [0.1, 0.15) is 11.5 Å². The number of nitrogens with one attached hydrogen (secondary N) is 1. The monoisotopic (exact) mass is 266 g/mol. The summed E-state index contributed by atoms with van der Waals surface area (Å²) in [4.78, 5) is 13.8. The number of rotatable bonds is 7. The van der Waals surface area contributed by atoms with Crippen LogP contribution >= 0.6 is 0 Å². The van der Waals surface area contributed by atoms with E-state index < -0.39 is 6.10 Å². The first-order valence-electron chi connectivity index (χ1n) is 6.26. The molecule has 0 aromatic heterocycles. The summed E-state index contributed by atoms with van der Waals surface area (Å²) in [6.07, 6.45) is -0.533. The van der Waals surface area contributed by atoms with E-state index in [1.807, 2.05) is 31.1 Å². The van der Waals surface area contributed by atoms with Gasteiger partial charge < -0.3 is 19.7 Å². The number of nitrogens with zero attached hydrogens (tertiary/aromatic N) is 1. The maximum Gasteiger partial charge on any atom is 0.260 e. The standard InChI is InChI=1S/C14H22N2O3/c1-11(14(17)15-8-9-16(2)3)19-13-7-5-6-12(10-13)18-4/h5-7,10-11H,8-9H2,1-4H3,(H,15,17)/t11-/m0/s1. The third-order valence-electron chi connectivity index (χ3n) is 2.58. The molecular formula is C14H22N2O3. The van der Waals surface area contributed by atoms with Crippen molar-refractivity contribution in [3.05, 3.63) is 24.3 Å². The highest BCUT2D eigenvalue weighted by molar-refractivity contribution is 5.80. The molecule has 0 saturated heterocycles. The summed E-state index contributed by atoms with van der Waals surface area (Å²) in [6.45, 7) is 3.14. The number of hydrogen-bond acceptors (Lipinski definition) is 4. The number of carbonyl (C=O) groups excluding carboxylic acids is 1. The van der Waals surface area contributed by atoms with Crippen molar-refractivity contribution in [3.8, 4) is 11.5 Å². The first-order valence-corrected chi connectivity index (χ1v) is 6.26. The van der Waals surface area contributed by atoms with Crippen LogP contribution in [0, 0.1) is 0 Å². The zero-order valence-electron chi connectivity index (χ0n) is 12.0. The molecule has 19 heavy (non-hydrogen) atoms. The molecule has 106 valence electrons. The van der Waals surface area contributed by atoms with Gasteiger partial charge in [0.2, 0.25) is 0 Å². The third kappa shape index (κ3) is 5.61. The molecule has 0 aliphatic rings. The second-order valence-electron chi connectivity index (χ2n) is 4.53. The van der Waals surface area contributed by atoms with Gasteiger partial charge in [0.25, 0.3) is 5.91 Å². The Labute approximate surface area is 114 Å². The summed E-state index contributed by atoms with van der Waals surface area (Å²) in [5.74, 6) is 1.21. The van der Waals surface area contributed by atoms with E-state index in [0.717, 1.165) is 6.54 Å². The Morgan fingerprint density at radius 2 is 2.05 bits per heavy atom. The average molecular weight is 266 g/mol. The molecule has 0 bridgehead atoms. The second-order valence-corrected chi connectivity index (χ2v) is 4.53. The van der Waals surface area contributed by atoms with Gasteiger partial charge in [-0.1, -0.05) is 6.07 Å². The molecule has 5 heteroatoms. The molecule has 0 saturated carbocycles. The smallest absolute Gasteiger partial charge is 0.260 e. The molecule has 0 unspecified atom stereocenters. The van der Waals surface area contributed by atoms with Crippen molar-refractivity contribution >= 4 is 5.91 Å². The minimum absolute atomic E-state index is 0.121. The fraction of sp³-hybridized carbons (Fsp3) is 0.500. The lowest BCUT2D eigenvalue weighted by molar-refractivity contribution is -0.127. The van der Waals surface area contributed by atoms with Gasteiger partial charge >= 0.3 is 0 Å². The molecule has 0 aliphatic heterocycles. The minimum Gasteiger partial charge on any atom is -0.497 e. The predicted octanol–water partition coefficient (Wildman–Crippen LogP) is 1.14. The van der Waals surface area contributed by atoms with Gasteiger partial charge in [0.15, 0.2) is 6.10 Å². The molecule has 0 heterocycles. The van der Waals surface area contributed by atoms with E-state index in [0.29, 0.717) is 18.0 Å². The Morgan fingerprint density at radius 1 is 1.37 bits per heavy atom. The van der Waals surface area contributed by atoms with Crippen molar-refractivity contribution in [1.82, 2.24) is 10.2 Å². The quantitative estimate of drug-likeness (QED) is 0.804. The van der Waals surface area contributed by atoms with E-state index in [4.69, 9.17) is 9.47 Å². The highest BCUT2D eigenvalue weighted by Crippen LogP contribution is 2.19. The van der Waals surface area contributed by atoms with Gasteiger partial charge in [0.05, 0.1) is 7.11 Å². The number of amides is 1. The third-order valence-corrected chi connectivity index (χ3v) is 2.58. The SMILES string of the molecule is COc1cccc(O[C@@H](C)C(=O)NCCN(C)C)c1. The lowest BCUT2D eigenvalue weighted by Crippen LogP contribution is -2.39. The van der Waals surface area contributed by atoms with Crippen molar-refractivity contribution < 1.29 is 14.3 Å². The molecule has 5 nitrogen and oxygen atoms in total. The molecule has 1 aromatic carbocycles. The highest BCUT2D eigenvalue weighted by Gasteiger charge is 2.14. The molecule has 0 fully saturated rings. The van der Waals surface area contributed by atoms with Crippen LogP contribution in [0.25, 0.3) is 0 Å². The van der Waals surface area contributed by atoms with Gasteiger partial charge in [0, 0.05) is 19.2 Å². The lowest BCUT2D eigenvalue weighted by Gasteiger charge is -2.16. The maximum absolute atomic E-state index is 11.8. The van der Waals surface area contributed by atoms with E-state index in [2.05, 4.69) is 5.32 Å². The van der Waals surface area contributed by atoms with Crippen LogP contribution in [0.3, 0.4) is 0 Å². The number of methoxy groups -OCH3 is 1. The molecule has 0 aliphatic carbocycles. The summed E-state index contributed by atoms with van der Waals surface area (Å²) < 4.78 is 10.7. The molecular weight excluding hydrogens is 244 g/mol. The summed E-state index contributed by atoms with van der Waals surface area (Å²) in [7, 11) is 5.52. The van der Waals surface area contributed by atoms with Gasteiger partial charge in [-0.2, -0.15) is 0 Å². The first-order chi connectivity index (χ1) is 9.02. The molecule has 0 spiro atoms. The van der Waals surface area contributed by atoms with Gasteiger partial charge in [-0.15, -0.1) is 0 Å². The second kappa shape index (κ2) is 7.63. The van der Waals surface area contributed by atoms with Gasteiger partial charge in [-0.25, -0.2) is 0 Å². The van der Waals surface area contributed by atoms with Crippen molar-refractivity contribution in [2.75, 3.05) is 34.3 Å². The molecule has 1 amide bonds. The van der Waals surface area contributed by atoms with Crippen LogP contribution in [0.5, 0.6) is 11.5 Å². The highest BCUT2D eigenvalue weighted by atomic mass is 16.5. The van der Waals surface area contributed by atoms with E-state index in [1.54, 1.807) is 26.2 Å². The number of ether oxygens (including phenoxy) is 2. The molecule has 1 atom stereocenters. The minimum atomic E-state index is -0.533. The Morgan fingerprint density at radius 3 is 2.68 bits per heavy atom. The molecule has 0 radical (unpaired) electrons. The van der Waals surface area contributed by atoms with Crippen LogP contribution in [0.4, 0.5) is 0 Å². The number of carbonyl (C=O) groups is 1. The fourth-order valence-corrected chi connectivity index (χ4v) is 1.48. The maximum atomic E-state index is 11.8. The first kappa shape index (κ1) is 15.3. The van der Waals surface area contributed by atoms with Crippen LogP contribution in [0.15, 0.2) is 24.3 Å². The van der Waals surface area contributed by atoms with Crippen molar-refractivity contribution in [2.24, 2.45) is 0 Å². The summed E-state index contributed by atoms with van der Waals surface area (Å²) in [5.41, 5.74) is 0. The summed E-state index contributed by atoms with van der Waals surface area (Å²) in [6, 6.07) is 7.20. The van der Waals surface area contributed by atoms with E-state index in [-0.39, 0.29) is 5.91 Å².